The molecule has 9 heteroatoms. The number of fused-ring (bicyclic) bond motifs is 1. The van der Waals surface area contributed by atoms with Gasteiger partial charge in [0, 0.05) is 35.9 Å². The molecule has 1 unspecified atom stereocenters. The number of hydrogen-bond donors (Lipinski definition) is 3. The van der Waals surface area contributed by atoms with Gasteiger partial charge in [-0.1, -0.05) is 13.8 Å². The minimum absolute atomic E-state index is 0.198. The number of aryl methyl sites for hydroxylation is 2. The summed E-state index contributed by atoms with van der Waals surface area (Å²) in [4.78, 5) is 10.7. The molecule has 1 aliphatic heterocycles. The van der Waals surface area contributed by atoms with Crippen molar-refractivity contribution in [2.45, 2.75) is 45.7 Å². The van der Waals surface area contributed by atoms with Gasteiger partial charge in [0.05, 0.1) is 11.2 Å². The Hall–Kier alpha value is -1.71. The number of rotatable bonds is 4. The molecule has 1 atom stereocenters. The van der Waals surface area contributed by atoms with Crippen LogP contribution in [0.5, 0.6) is 0 Å². The number of hydrogen-bond acceptors (Lipinski definition) is 6. The third-order valence-corrected chi connectivity index (χ3v) is 3.51. The van der Waals surface area contributed by atoms with Crippen LogP contribution in [-0.4, -0.2) is 42.8 Å². The average molecular weight is 359 g/mol. The van der Waals surface area contributed by atoms with E-state index < -0.39 is 10.1 Å². The molecule has 2 rings (SSSR count). The second kappa shape index (κ2) is 8.41. The van der Waals surface area contributed by atoms with E-state index in [9.17, 15) is 18.5 Å². The molecule has 0 radical (unpaired) electrons. The highest BCUT2D eigenvalue weighted by Crippen LogP contribution is 2.31. The van der Waals surface area contributed by atoms with Crippen molar-refractivity contribution in [2.24, 2.45) is 0 Å². The maximum Gasteiger partial charge on any atom is 0.274 e. The largest absolute Gasteiger partial charge is 0.381 e. The summed E-state index contributed by atoms with van der Waals surface area (Å²) < 4.78 is 25.9. The van der Waals surface area contributed by atoms with E-state index in [4.69, 9.17) is 4.55 Å². The zero-order valence-electron chi connectivity index (χ0n) is 14.4. The van der Waals surface area contributed by atoms with Crippen molar-refractivity contribution in [3.8, 4) is 0 Å². The summed E-state index contributed by atoms with van der Waals surface area (Å²) in [6, 6.07) is 4.41. The summed E-state index contributed by atoms with van der Waals surface area (Å²) in [5.74, 6) is 0. The molecule has 136 valence electrons. The highest BCUT2D eigenvalue weighted by Gasteiger charge is 2.22. The number of nitrogens with one attached hydrogen (secondary N) is 2. The molecule has 0 aliphatic carbocycles. The van der Waals surface area contributed by atoms with Crippen LogP contribution in [0.2, 0.25) is 0 Å². The fraction of sp³-hybridized carbons (Fsp3) is 0.600. The van der Waals surface area contributed by atoms with Crippen LogP contribution in [0.15, 0.2) is 12.1 Å². The monoisotopic (exact) mass is 359 g/mol. The minimum Gasteiger partial charge on any atom is -0.381 e. The first-order valence-electron chi connectivity index (χ1n) is 7.67. The van der Waals surface area contributed by atoms with Gasteiger partial charge in [0.15, 0.2) is 0 Å². The van der Waals surface area contributed by atoms with Crippen LogP contribution in [0.4, 0.5) is 11.4 Å². The van der Waals surface area contributed by atoms with Crippen molar-refractivity contribution in [1.82, 2.24) is 5.32 Å². The van der Waals surface area contributed by atoms with E-state index in [2.05, 4.69) is 24.5 Å². The molecule has 3 N–H and O–H groups in total. The smallest absolute Gasteiger partial charge is 0.274 e. The molecule has 1 aromatic rings. The molecule has 0 saturated carbocycles. The van der Waals surface area contributed by atoms with Crippen molar-refractivity contribution < 1.29 is 17.9 Å². The van der Waals surface area contributed by atoms with Crippen molar-refractivity contribution in [3.05, 3.63) is 33.4 Å². The molecule has 0 saturated heterocycles. The maximum atomic E-state index is 11.0. The zero-order chi connectivity index (χ0) is 18.5. The summed E-state index contributed by atoms with van der Waals surface area (Å²) in [5.41, 5.74) is 3.04. The van der Waals surface area contributed by atoms with Gasteiger partial charge in [0.1, 0.15) is 0 Å². The highest BCUT2D eigenvalue weighted by molar-refractivity contribution is 7.85. The topological polar surface area (TPSA) is 122 Å². The summed E-state index contributed by atoms with van der Waals surface area (Å²) in [7, 11) is -3.67. The lowest BCUT2D eigenvalue weighted by molar-refractivity contribution is -0.385. The first kappa shape index (κ1) is 20.3. The molecule has 0 bridgehead atoms. The highest BCUT2D eigenvalue weighted by atomic mass is 32.2. The summed E-state index contributed by atoms with van der Waals surface area (Å²) in [6.45, 7) is 6.92. The van der Waals surface area contributed by atoms with E-state index in [0.717, 1.165) is 30.6 Å². The van der Waals surface area contributed by atoms with Crippen molar-refractivity contribution in [2.75, 3.05) is 18.1 Å². The lowest BCUT2D eigenvalue weighted by atomic mass is 9.95. The minimum atomic E-state index is -3.67. The van der Waals surface area contributed by atoms with Gasteiger partial charge in [0.25, 0.3) is 15.8 Å². The van der Waals surface area contributed by atoms with Gasteiger partial charge in [-0.25, -0.2) is 0 Å². The van der Waals surface area contributed by atoms with Gasteiger partial charge >= 0.3 is 0 Å². The van der Waals surface area contributed by atoms with Gasteiger partial charge in [-0.05, 0) is 31.4 Å². The number of nitro groups is 1. The molecule has 1 heterocycles. The van der Waals surface area contributed by atoms with E-state index in [-0.39, 0.29) is 10.6 Å². The first-order valence-corrected chi connectivity index (χ1v) is 9.52. The zero-order valence-corrected chi connectivity index (χ0v) is 15.2. The van der Waals surface area contributed by atoms with Gasteiger partial charge < -0.3 is 10.6 Å². The predicted molar refractivity (Wildman–Crippen MR) is 94.2 cm³/mol. The fourth-order valence-electron chi connectivity index (χ4n) is 2.45. The van der Waals surface area contributed by atoms with Crippen LogP contribution in [0.25, 0.3) is 0 Å². The lowest BCUT2D eigenvalue weighted by Crippen LogP contribution is -2.38. The van der Waals surface area contributed by atoms with Gasteiger partial charge in [-0.15, -0.1) is 0 Å². The molecule has 0 fully saturated rings. The summed E-state index contributed by atoms with van der Waals surface area (Å²) >= 11 is 0. The molecule has 24 heavy (non-hydrogen) atoms. The standard InChI is InChI=1S/C14H21N3O2.CH4O3S/c1-9(2)15-8-12-5-4-11-6-10(3)14(17(18)19)7-13(11)16-12;1-5(2,3)4/h6-7,9,12,15-16H,4-5,8H2,1-3H3;1H3,(H,2,3,4). The Morgan fingerprint density at radius 3 is 2.54 bits per heavy atom. The normalized spacial score (nSPS) is 16.7. The third kappa shape index (κ3) is 7.24. The van der Waals surface area contributed by atoms with Gasteiger partial charge in [0.2, 0.25) is 0 Å². The Kier molecular flexibility index (Phi) is 7.12. The van der Waals surface area contributed by atoms with Crippen molar-refractivity contribution in [3.63, 3.8) is 0 Å². The van der Waals surface area contributed by atoms with E-state index >= 15 is 0 Å². The molecule has 0 amide bonds. The number of nitro benzene ring substituents is 1. The van der Waals surface area contributed by atoms with Crippen LogP contribution in [0, 0.1) is 17.0 Å². The second-order valence-corrected chi connectivity index (χ2v) is 7.69. The van der Waals surface area contributed by atoms with Crippen LogP contribution in [0.3, 0.4) is 0 Å². The van der Waals surface area contributed by atoms with Crippen LogP contribution in [0.1, 0.15) is 31.4 Å². The number of nitrogens with zero attached hydrogens (tertiary/aromatic N) is 1. The molecule has 8 nitrogen and oxygen atoms in total. The Bertz CT molecular complexity index is 681. The molecular weight excluding hydrogens is 334 g/mol. The molecular formula is C15H25N3O5S. The fourth-order valence-corrected chi connectivity index (χ4v) is 2.45. The quantitative estimate of drug-likeness (QED) is 0.428. The lowest BCUT2D eigenvalue weighted by Gasteiger charge is -2.28. The van der Waals surface area contributed by atoms with E-state index in [0.29, 0.717) is 18.3 Å². The van der Waals surface area contributed by atoms with Crippen LogP contribution in [-0.2, 0) is 16.5 Å². The van der Waals surface area contributed by atoms with E-state index in [1.54, 1.807) is 13.0 Å². The predicted octanol–water partition coefficient (Wildman–Crippen LogP) is 2.13. The second-order valence-electron chi connectivity index (χ2n) is 6.23. The Morgan fingerprint density at radius 2 is 2.04 bits per heavy atom. The summed E-state index contributed by atoms with van der Waals surface area (Å²) in [5, 5.41) is 17.8. The van der Waals surface area contributed by atoms with Crippen molar-refractivity contribution in [1.29, 1.82) is 0 Å². The van der Waals surface area contributed by atoms with E-state index in [1.165, 1.54) is 5.56 Å². The van der Waals surface area contributed by atoms with Crippen LogP contribution < -0.4 is 10.6 Å². The Labute approximate surface area is 142 Å². The maximum absolute atomic E-state index is 11.0. The Balaban J connectivity index is 0.000000505. The number of benzene rings is 1. The van der Waals surface area contributed by atoms with Crippen LogP contribution >= 0.6 is 0 Å². The van der Waals surface area contributed by atoms with Gasteiger partial charge in [-0.2, -0.15) is 8.42 Å². The number of anilines is 1. The molecule has 1 aromatic carbocycles. The van der Waals surface area contributed by atoms with Gasteiger partial charge in [-0.3, -0.25) is 14.7 Å². The molecule has 0 spiro atoms. The first-order chi connectivity index (χ1) is 11.0. The SMILES string of the molecule is CS(=O)(=O)O.Cc1cc2c(cc1[N+](=O)[O-])NC(CNC(C)C)CC2. The van der Waals surface area contributed by atoms with E-state index in [1.807, 2.05) is 6.07 Å². The van der Waals surface area contributed by atoms with Crippen molar-refractivity contribution >= 4 is 21.5 Å². The molecule has 1 aliphatic rings. The summed E-state index contributed by atoms with van der Waals surface area (Å²) in [6.07, 6.45) is 2.75. The average Bonchev–Trinajstić information content (AvgIpc) is 2.42. The molecule has 0 aromatic heterocycles. The third-order valence-electron chi connectivity index (χ3n) is 3.51. The Morgan fingerprint density at radius 1 is 1.46 bits per heavy atom.